The van der Waals surface area contributed by atoms with Crippen LogP contribution < -0.4 is 4.74 Å². The highest BCUT2D eigenvalue weighted by atomic mass is 16.5. The zero-order valence-corrected chi connectivity index (χ0v) is 9.33. The van der Waals surface area contributed by atoms with Gasteiger partial charge < -0.3 is 14.3 Å². The van der Waals surface area contributed by atoms with Crippen molar-refractivity contribution < 1.29 is 23.8 Å². The van der Waals surface area contributed by atoms with Gasteiger partial charge in [-0.05, 0) is 24.3 Å². The van der Waals surface area contributed by atoms with Gasteiger partial charge >= 0.3 is 5.97 Å². The highest BCUT2D eigenvalue weighted by Crippen LogP contribution is 2.16. The Labute approximate surface area is 103 Å². The van der Waals surface area contributed by atoms with Crippen LogP contribution in [0.15, 0.2) is 47.1 Å². The van der Waals surface area contributed by atoms with E-state index in [-0.39, 0.29) is 11.5 Å². The van der Waals surface area contributed by atoms with Gasteiger partial charge in [0.15, 0.2) is 12.4 Å². The smallest absolute Gasteiger partial charge is 0.341 e. The summed E-state index contributed by atoms with van der Waals surface area (Å²) >= 11 is 0. The van der Waals surface area contributed by atoms with Crippen LogP contribution in [0, 0.1) is 0 Å². The SMILES string of the molecule is O=C(O)COc1cccc(C(=O)c2ccco2)c1. The zero-order valence-electron chi connectivity index (χ0n) is 9.33. The molecule has 0 aliphatic heterocycles. The van der Waals surface area contributed by atoms with E-state index in [0.717, 1.165) is 0 Å². The molecule has 1 aromatic heterocycles. The van der Waals surface area contributed by atoms with Gasteiger partial charge in [-0.25, -0.2) is 4.79 Å². The predicted octanol–water partition coefficient (Wildman–Crippen LogP) is 1.97. The third-order valence-electron chi connectivity index (χ3n) is 2.20. The van der Waals surface area contributed by atoms with Crippen LogP contribution in [0.3, 0.4) is 0 Å². The minimum Gasteiger partial charge on any atom is -0.482 e. The fourth-order valence-electron chi connectivity index (χ4n) is 1.42. The molecule has 0 spiro atoms. The molecule has 0 aliphatic rings. The maximum absolute atomic E-state index is 11.9. The van der Waals surface area contributed by atoms with Crippen molar-refractivity contribution in [3.05, 3.63) is 54.0 Å². The second-order valence-corrected chi connectivity index (χ2v) is 3.52. The standard InChI is InChI=1S/C13H10O5/c14-12(15)8-18-10-4-1-3-9(7-10)13(16)11-5-2-6-17-11/h1-7H,8H2,(H,14,15). The van der Waals surface area contributed by atoms with E-state index in [1.807, 2.05) is 0 Å². The van der Waals surface area contributed by atoms with E-state index < -0.39 is 12.6 Å². The summed E-state index contributed by atoms with van der Waals surface area (Å²) < 4.78 is 10.00. The first kappa shape index (κ1) is 11.9. The quantitative estimate of drug-likeness (QED) is 0.816. The lowest BCUT2D eigenvalue weighted by Crippen LogP contribution is -2.09. The van der Waals surface area contributed by atoms with Crippen molar-refractivity contribution in [1.29, 1.82) is 0 Å². The lowest BCUT2D eigenvalue weighted by molar-refractivity contribution is -0.139. The van der Waals surface area contributed by atoms with Crippen molar-refractivity contribution >= 4 is 11.8 Å². The first-order chi connectivity index (χ1) is 8.66. The maximum atomic E-state index is 11.9. The molecule has 0 unspecified atom stereocenters. The average Bonchev–Trinajstić information content (AvgIpc) is 2.89. The van der Waals surface area contributed by atoms with Crippen molar-refractivity contribution in [2.75, 3.05) is 6.61 Å². The van der Waals surface area contributed by atoms with Gasteiger partial charge in [-0.2, -0.15) is 0 Å². The van der Waals surface area contributed by atoms with Crippen molar-refractivity contribution in [1.82, 2.24) is 0 Å². The Kier molecular flexibility index (Phi) is 3.43. The Balaban J connectivity index is 2.17. The minimum absolute atomic E-state index is 0.227. The predicted molar refractivity (Wildman–Crippen MR) is 61.7 cm³/mol. The van der Waals surface area contributed by atoms with Gasteiger partial charge in [-0.3, -0.25) is 4.79 Å². The van der Waals surface area contributed by atoms with E-state index in [1.54, 1.807) is 30.3 Å². The summed E-state index contributed by atoms with van der Waals surface area (Å²) in [6, 6.07) is 9.48. The molecule has 0 atom stereocenters. The van der Waals surface area contributed by atoms with E-state index in [2.05, 4.69) is 0 Å². The van der Waals surface area contributed by atoms with Crippen LogP contribution in [0.4, 0.5) is 0 Å². The first-order valence-electron chi connectivity index (χ1n) is 5.19. The van der Waals surface area contributed by atoms with Crippen molar-refractivity contribution in [2.45, 2.75) is 0 Å². The number of furan rings is 1. The van der Waals surface area contributed by atoms with Gasteiger partial charge in [0.25, 0.3) is 0 Å². The van der Waals surface area contributed by atoms with Gasteiger partial charge in [-0.15, -0.1) is 0 Å². The van der Waals surface area contributed by atoms with E-state index in [9.17, 15) is 9.59 Å². The molecule has 1 aromatic carbocycles. The van der Waals surface area contributed by atoms with E-state index >= 15 is 0 Å². The molecule has 5 heteroatoms. The topological polar surface area (TPSA) is 76.7 Å². The highest BCUT2D eigenvalue weighted by Gasteiger charge is 2.12. The molecule has 0 aliphatic carbocycles. The van der Waals surface area contributed by atoms with Gasteiger partial charge in [-0.1, -0.05) is 12.1 Å². The van der Waals surface area contributed by atoms with Crippen LogP contribution in [-0.2, 0) is 4.79 Å². The fourth-order valence-corrected chi connectivity index (χ4v) is 1.42. The fraction of sp³-hybridized carbons (Fsp3) is 0.0769. The molecule has 5 nitrogen and oxygen atoms in total. The molecule has 92 valence electrons. The number of carboxylic acids is 1. The number of carbonyl (C=O) groups is 2. The molecule has 0 amide bonds. The molecular weight excluding hydrogens is 236 g/mol. The summed E-state index contributed by atoms with van der Waals surface area (Å²) in [5, 5.41) is 8.50. The largest absolute Gasteiger partial charge is 0.482 e. The summed E-state index contributed by atoms with van der Waals surface area (Å²) in [5.74, 6) is -0.793. The molecule has 2 aromatic rings. The van der Waals surface area contributed by atoms with E-state index in [1.165, 1.54) is 12.3 Å². The molecule has 0 saturated heterocycles. The molecule has 1 heterocycles. The molecular formula is C13H10O5. The van der Waals surface area contributed by atoms with Gasteiger partial charge in [0.05, 0.1) is 6.26 Å². The van der Waals surface area contributed by atoms with Crippen molar-refractivity contribution in [3.63, 3.8) is 0 Å². The molecule has 0 saturated carbocycles. The number of carboxylic acid groups (broad SMARTS) is 1. The summed E-state index contributed by atoms with van der Waals surface area (Å²) in [4.78, 5) is 22.3. The Morgan fingerprint density at radius 3 is 2.72 bits per heavy atom. The average molecular weight is 246 g/mol. The highest BCUT2D eigenvalue weighted by molar-refractivity contribution is 6.07. The molecule has 0 fully saturated rings. The summed E-state index contributed by atoms with van der Waals surface area (Å²) in [5.41, 5.74) is 0.382. The van der Waals surface area contributed by atoms with Gasteiger partial charge in [0, 0.05) is 5.56 Å². The molecule has 0 radical (unpaired) electrons. The van der Waals surface area contributed by atoms with Crippen LogP contribution in [0.25, 0.3) is 0 Å². The molecule has 0 bridgehead atoms. The molecule has 2 rings (SSSR count). The van der Waals surface area contributed by atoms with Crippen LogP contribution >= 0.6 is 0 Å². The number of ketones is 1. The minimum atomic E-state index is -1.07. The van der Waals surface area contributed by atoms with Crippen molar-refractivity contribution in [2.24, 2.45) is 0 Å². The van der Waals surface area contributed by atoms with Crippen LogP contribution in [0.2, 0.25) is 0 Å². The van der Waals surface area contributed by atoms with E-state index in [0.29, 0.717) is 11.3 Å². The number of hydrogen-bond acceptors (Lipinski definition) is 4. The number of carbonyl (C=O) groups excluding carboxylic acids is 1. The Morgan fingerprint density at radius 1 is 1.22 bits per heavy atom. The molecule has 1 N–H and O–H groups in total. The normalized spacial score (nSPS) is 10.0. The third kappa shape index (κ3) is 2.76. The van der Waals surface area contributed by atoms with E-state index in [4.69, 9.17) is 14.3 Å². The Hall–Kier alpha value is -2.56. The number of aliphatic carboxylic acids is 1. The monoisotopic (exact) mass is 246 g/mol. The van der Waals surface area contributed by atoms with Crippen LogP contribution in [-0.4, -0.2) is 23.5 Å². The lowest BCUT2D eigenvalue weighted by Gasteiger charge is -2.04. The number of benzene rings is 1. The van der Waals surface area contributed by atoms with Gasteiger partial charge in [0.1, 0.15) is 5.75 Å². The van der Waals surface area contributed by atoms with Crippen LogP contribution in [0.1, 0.15) is 16.1 Å². The Bertz CT molecular complexity index is 557. The zero-order chi connectivity index (χ0) is 13.0. The molecule has 18 heavy (non-hydrogen) atoms. The van der Waals surface area contributed by atoms with Crippen molar-refractivity contribution in [3.8, 4) is 5.75 Å². The number of ether oxygens (including phenoxy) is 1. The van der Waals surface area contributed by atoms with Crippen LogP contribution in [0.5, 0.6) is 5.75 Å². The lowest BCUT2D eigenvalue weighted by atomic mass is 10.1. The number of rotatable bonds is 5. The second kappa shape index (κ2) is 5.18. The second-order valence-electron chi connectivity index (χ2n) is 3.52. The van der Waals surface area contributed by atoms with Gasteiger partial charge in [0.2, 0.25) is 5.78 Å². The first-order valence-corrected chi connectivity index (χ1v) is 5.19. The maximum Gasteiger partial charge on any atom is 0.341 e. The Morgan fingerprint density at radius 2 is 2.06 bits per heavy atom. The summed E-state index contributed by atoms with van der Waals surface area (Å²) in [6.45, 7) is -0.446. The number of hydrogen-bond donors (Lipinski definition) is 1. The third-order valence-corrected chi connectivity index (χ3v) is 2.20. The summed E-state index contributed by atoms with van der Waals surface area (Å²) in [6.07, 6.45) is 1.41. The summed E-state index contributed by atoms with van der Waals surface area (Å²) in [7, 11) is 0.